The van der Waals surface area contributed by atoms with Crippen molar-refractivity contribution in [3.63, 3.8) is 0 Å². The number of anilines is 2. The third-order valence-corrected chi connectivity index (χ3v) is 2.65. The van der Waals surface area contributed by atoms with Crippen LogP contribution in [-0.2, 0) is 9.53 Å². The minimum atomic E-state index is -0.0983. The molecule has 6 heteroatoms. The Hall–Kier alpha value is -1.95. The number of carbonyl (C=O) groups excluding carboxylic acids is 1. The van der Waals surface area contributed by atoms with Crippen LogP contribution in [-0.4, -0.2) is 37.5 Å². The van der Waals surface area contributed by atoms with Gasteiger partial charge in [-0.3, -0.25) is 4.79 Å². The average Bonchev–Trinajstić information content (AvgIpc) is 2.29. The third-order valence-electron chi connectivity index (χ3n) is 2.65. The van der Waals surface area contributed by atoms with Crippen molar-refractivity contribution in [3.8, 4) is 0 Å². The lowest BCUT2D eigenvalue weighted by molar-refractivity contribution is -0.427. The summed E-state index contributed by atoms with van der Waals surface area (Å²) in [5.41, 5.74) is 7.22. The molecule has 90 valence electrons. The fourth-order valence-electron chi connectivity index (χ4n) is 1.79. The van der Waals surface area contributed by atoms with Crippen LogP contribution in [0.3, 0.4) is 0 Å². The van der Waals surface area contributed by atoms with Gasteiger partial charge in [0.1, 0.15) is 12.3 Å². The summed E-state index contributed by atoms with van der Waals surface area (Å²) in [7, 11) is 1.38. The smallest absolute Gasteiger partial charge is 0.278 e. The zero-order valence-corrected chi connectivity index (χ0v) is 9.55. The van der Waals surface area contributed by atoms with Gasteiger partial charge < -0.3 is 15.4 Å². The highest BCUT2D eigenvalue weighted by molar-refractivity contribution is 5.95. The van der Waals surface area contributed by atoms with Crippen LogP contribution in [0.25, 0.3) is 0 Å². The molecule has 1 aliphatic rings. The summed E-state index contributed by atoms with van der Waals surface area (Å²) in [6, 6.07) is 4.96. The Balaban J connectivity index is 2.30. The van der Waals surface area contributed by atoms with E-state index in [1.807, 2.05) is 0 Å². The summed E-state index contributed by atoms with van der Waals surface area (Å²) in [5.74, 6) is -0.0983. The zero-order valence-electron chi connectivity index (χ0n) is 9.55. The number of nitrogens with two attached hydrogens (primary N) is 1. The molecule has 0 radical (unpaired) electrons. The Morgan fingerprint density at radius 2 is 2.24 bits per heavy atom. The number of morpholine rings is 1. The second-order valence-electron chi connectivity index (χ2n) is 3.84. The van der Waals surface area contributed by atoms with Gasteiger partial charge >= 0.3 is 0 Å². The predicted octanol–water partition coefficient (Wildman–Crippen LogP) is 0.672. The summed E-state index contributed by atoms with van der Waals surface area (Å²) in [6.45, 7) is 1.10. The van der Waals surface area contributed by atoms with E-state index in [0.717, 1.165) is 0 Å². The lowest BCUT2D eigenvalue weighted by atomic mass is 10.2. The molecule has 0 saturated carbocycles. The zero-order chi connectivity index (χ0) is 12.4. The number of nitrogen functional groups attached to an aromatic ring is 1. The fourth-order valence-corrected chi connectivity index (χ4v) is 1.79. The van der Waals surface area contributed by atoms with E-state index in [9.17, 15) is 9.70 Å². The van der Waals surface area contributed by atoms with Crippen LogP contribution in [0, 0.1) is 4.91 Å². The molecule has 0 spiro atoms. The molecule has 2 rings (SSSR count). The van der Waals surface area contributed by atoms with E-state index in [1.54, 1.807) is 23.1 Å². The molecular weight excluding hydrogens is 222 g/mol. The van der Waals surface area contributed by atoms with Crippen LogP contribution in [0.1, 0.15) is 0 Å². The van der Waals surface area contributed by atoms with Gasteiger partial charge in [0.2, 0.25) is 0 Å². The van der Waals surface area contributed by atoms with Gasteiger partial charge in [-0.2, -0.15) is 0 Å². The lowest BCUT2D eigenvalue weighted by Crippen LogP contribution is -2.41. The number of hydrogen-bond donors (Lipinski definition) is 1. The molecule has 0 atom stereocenters. The van der Waals surface area contributed by atoms with Crippen molar-refractivity contribution in [1.82, 2.24) is 0 Å². The Bertz CT molecular complexity index is 473. The van der Waals surface area contributed by atoms with Crippen molar-refractivity contribution in [1.29, 1.82) is 0 Å². The molecule has 0 aromatic heterocycles. The molecule has 17 heavy (non-hydrogen) atoms. The number of nitrogens with zero attached hydrogens (tertiary/aromatic N) is 2. The quantitative estimate of drug-likeness (QED) is 0.605. The number of nitroso groups, excluding NO2 is 1. The first-order valence-corrected chi connectivity index (χ1v) is 5.28. The second kappa shape index (κ2) is 4.50. The summed E-state index contributed by atoms with van der Waals surface area (Å²) >= 11 is 0. The molecule has 1 aromatic carbocycles. The Labute approximate surface area is 98.5 Å². The molecule has 1 saturated heterocycles. The van der Waals surface area contributed by atoms with Crippen LogP contribution in [0.2, 0.25) is 0 Å². The average molecular weight is 236 g/mol. The highest BCUT2D eigenvalue weighted by Gasteiger charge is 2.22. The van der Waals surface area contributed by atoms with Gasteiger partial charge in [0, 0.05) is 28.0 Å². The fraction of sp³-hybridized carbons (Fsp3) is 0.364. The van der Waals surface area contributed by atoms with Crippen molar-refractivity contribution in [2.75, 3.05) is 37.4 Å². The first-order valence-electron chi connectivity index (χ1n) is 5.28. The molecule has 6 nitrogen and oxygen atoms in total. The van der Waals surface area contributed by atoms with E-state index in [0.29, 0.717) is 35.0 Å². The lowest BCUT2D eigenvalue weighted by Gasteiger charge is -2.26. The number of rotatable bonds is 2. The van der Waals surface area contributed by atoms with Gasteiger partial charge in [-0.15, -0.1) is 0 Å². The van der Waals surface area contributed by atoms with E-state index in [2.05, 4.69) is 0 Å². The number of carbonyl (C=O) groups is 1. The maximum atomic E-state index is 11.6. The van der Waals surface area contributed by atoms with E-state index in [4.69, 9.17) is 10.5 Å². The molecule has 0 unspecified atom stereocenters. The first-order chi connectivity index (χ1) is 8.09. The van der Waals surface area contributed by atoms with E-state index in [1.165, 1.54) is 7.05 Å². The summed E-state index contributed by atoms with van der Waals surface area (Å²) in [6.07, 6.45) is 0. The van der Waals surface area contributed by atoms with Crippen molar-refractivity contribution in [2.45, 2.75) is 0 Å². The Kier molecular flexibility index (Phi) is 3.06. The largest absolute Gasteiger partial charge is 0.393 e. The van der Waals surface area contributed by atoms with Gasteiger partial charge in [0.25, 0.3) is 11.6 Å². The highest BCUT2D eigenvalue weighted by Crippen LogP contribution is 2.27. The maximum Gasteiger partial charge on any atom is 0.278 e. The van der Waals surface area contributed by atoms with E-state index >= 15 is 0 Å². The first kappa shape index (κ1) is 11.5. The monoisotopic (exact) mass is 236 g/mol. The number of hydrogen-bond acceptors (Lipinski definition) is 4. The maximum absolute atomic E-state index is 11.6. The summed E-state index contributed by atoms with van der Waals surface area (Å²) < 4.78 is 5.74. The number of benzene rings is 1. The van der Waals surface area contributed by atoms with Gasteiger partial charge in [-0.1, -0.05) is 0 Å². The second-order valence-corrected chi connectivity index (χ2v) is 3.84. The molecule has 2 N–H and O–H groups in total. The normalized spacial score (nSPS) is 16.1. The molecule has 1 amide bonds. The summed E-state index contributed by atoms with van der Waals surface area (Å²) in [5, 5.41) is 0. The van der Waals surface area contributed by atoms with Gasteiger partial charge in [-0.25, -0.2) is 0 Å². The van der Waals surface area contributed by atoms with Crippen LogP contribution in [0.15, 0.2) is 18.2 Å². The van der Waals surface area contributed by atoms with Crippen molar-refractivity contribution >= 4 is 23.0 Å². The summed E-state index contributed by atoms with van der Waals surface area (Å²) in [4.78, 5) is 24.4. The van der Waals surface area contributed by atoms with Gasteiger partial charge in [0.15, 0.2) is 7.05 Å². The molecular formula is C11H14N3O3+. The Morgan fingerprint density at radius 1 is 1.47 bits per heavy atom. The molecule has 0 bridgehead atoms. The SMILES string of the molecule is C[N+](=O)c1ccc(N2CCOCC2=O)cc1N. The Morgan fingerprint density at radius 3 is 2.82 bits per heavy atom. The molecule has 0 aliphatic carbocycles. The van der Waals surface area contributed by atoms with E-state index < -0.39 is 0 Å². The standard InChI is InChI=1S/C11H14N3O3/c1-13(16)10-3-2-8(6-9(10)12)14-4-5-17-7-11(14)15/h2-3,6H,4-5,7,12H2,1H3/q+1. The van der Waals surface area contributed by atoms with Crippen molar-refractivity contribution in [2.24, 2.45) is 0 Å². The molecule has 1 aromatic rings. The molecule has 1 fully saturated rings. The van der Waals surface area contributed by atoms with Crippen LogP contribution < -0.4 is 10.6 Å². The minimum absolute atomic E-state index is 0.0864. The van der Waals surface area contributed by atoms with Crippen LogP contribution in [0.4, 0.5) is 17.1 Å². The van der Waals surface area contributed by atoms with E-state index in [-0.39, 0.29) is 12.5 Å². The third kappa shape index (κ3) is 2.26. The minimum Gasteiger partial charge on any atom is -0.393 e. The molecule has 1 aliphatic heterocycles. The molecule has 1 heterocycles. The highest BCUT2D eigenvalue weighted by atomic mass is 16.5. The number of ether oxygens (including phenoxy) is 1. The van der Waals surface area contributed by atoms with Gasteiger partial charge in [-0.05, 0) is 12.1 Å². The van der Waals surface area contributed by atoms with Crippen molar-refractivity contribution < 1.29 is 14.3 Å². The van der Waals surface area contributed by atoms with Crippen molar-refractivity contribution in [3.05, 3.63) is 23.1 Å². The van der Waals surface area contributed by atoms with Gasteiger partial charge in [0.05, 0.1) is 6.61 Å². The van der Waals surface area contributed by atoms with Crippen LogP contribution >= 0.6 is 0 Å². The predicted molar refractivity (Wildman–Crippen MR) is 63.2 cm³/mol. The van der Waals surface area contributed by atoms with Crippen LogP contribution in [0.5, 0.6) is 0 Å². The topological polar surface area (TPSA) is 75.6 Å². The number of amides is 1.